The van der Waals surface area contributed by atoms with Gasteiger partial charge in [0, 0.05) is 33.0 Å². The number of carbonyl (C=O) groups excluding carboxylic acids is 3. The molecule has 4 amide bonds. The summed E-state index contributed by atoms with van der Waals surface area (Å²) in [6.45, 7) is 0.787. The molecule has 0 radical (unpaired) electrons. The second-order valence-corrected chi connectivity index (χ2v) is 5.00. The summed E-state index contributed by atoms with van der Waals surface area (Å²) in [4.78, 5) is 46.8. The molecule has 21 heavy (non-hydrogen) atoms. The quantitative estimate of drug-likeness (QED) is 0.657. The van der Waals surface area contributed by atoms with Gasteiger partial charge in [-0.1, -0.05) is 0 Å². The van der Waals surface area contributed by atoms with Crippen molar-refractivity contribution in [3.8, 4) is 0 Å². The second-order valence-electron chi connectivity index (χ2n) is 5.00. The van der Waals surface area contributed by atoms with Gasteiger partial charge >= 0.3 is 12.0 Å². The Morgan fingerprint density at radius 2 is 1.95 bits per heavy atom. The molecule has 1 atom stereocenters. The van der Waals surface area contributed by atoms with Crippen LogP contribution in [0.25, 0.3) is 0 Å². The maximum absolute atomic E-state index is 11.9. The zero-order valence-corrected chi connectivity index (χ0v) is 12.1. The van der Waals surface area contributed by atoms with Gasteiger partial charge in [-0.05, 0) is 19.3 Å². The smallest absolute Gasteiger partial charge is 0.324 e. The SMILES string of the molecule is CNC(=O)C1CCCN(C(=O)NC(=O)CCCC(=O)O)C1. The summed E-state index contributed by atoms with van der Waals surface area (Å²) in [5.74, 6) is -1.83. The Balaban J connectivity index is 2.38. The molecule has 1 aliphatic heterocycles. The third kappa shape index (κ3) is 5.80. The van der Waals surface area contributed by atoms with Crippen LogP contribution in [0.2, 0.25) is 0 Å². The number of nitrogens with one attached hydrogen (secondary N) is 2. The Morgan fingerprint density at radius 3 is 2.57 bits per heavy atom. The van der Waals surface area contributed by atoms with Crippen molar-refractivity contribution < 1.29 is 24.3 Å². The van der Waals surface area contributed by atoms with Crippen LogP contribution in [-0.2, 0) is 14.4 Å². The van der Waals surface area contributed by atoms with Crippen LogP contribution in [0, 0.1) is 5.92 Å². The van der Waals surface area contributed by atoms with Gasteiger partial charge in [0.15, 0.2) is 0 Å². The molecule has 1 unspecified atom stereocenters. The summed E-state index contributed by atoms with van der Waals surface area (Å²) in [6.07, 6.45) is 1.50. The minimum absolute atomic E-state index is 0.00917. The third-order valence-electron chi connectivity index (χ3n) is 3.37. The topological polar surface area (TPSA) is 116 Å². The number of carbonyl (C=O) groups is 4. The normalized spacial score (nSPS) is 18.0. The van der Waals surface area contributed by atoms with E-state index in [9.17, 15) is 19.2 Å². The van der Waals surface area contributed by atoms with Crippen molar-refractivity contribution in [1.29, 1.82) is 0 Å². The van der Waals surface area contributed by atoms with Crippen LogP contribution in [-0.4, -0.2) is 54.0 Å². The lowest BCUT2D eigenvalue weighted by atomic mass is 9.97. The van der Waals surface area contributed by atoms with E-state index in [2.05, 4.69) is 10.6 Å². The summed E-state index contributed by atoms with van der Waals surface area (Å²) in [5.41, 5.74) is 0. The van der Waals surface area contributed by atoms with Crippen molar-refractivity contribution >= 4 is 23.8 Å². The number of aliphatic carboxylic acids is 1. The van der Waals surface area contributed by atoms with Gasteiger partial charge in [-0.25, -0.2) is 4.79 Å². The first kappa shape index (κ1) is 16.9. The van der Waals surface area contributed by atoms with E-state index in [1.165, 1.54) is 4.90 Å². The number of piperidine rings is 1. The number of amides is 4. The molecule has 0 spiro atoms. The molecule has 118 valence electrons. The van der Waals surface area contributed by atoms with Crippen molar-refractivity contribution in [3.63, 3.8) is 0 Å². The largest absolute Gasteiger partial charge is 0.481 e. The van der Waals surface area contributed by atoms with Crippen molar-refractivity contribution in [3.05, 3.63) is 0 Å². The van der Waals surface area contributed by atoms with E-state index in [0.717, 1.165) is 6.42 Å². The van der Waals surface area contributed by atoms with E-state index >= 15 is 0 Å². The minimum atomic E-state index is -0.974. The second kappa shape index (κ2) is 8.23. The number of carboxylic acid groups (broad SMARTS) is 1. The molecule has 0 aliphatic carbocycles. The molecule has 3 N–H and O–H groups in total. The minimum Gasteiger partial charge on any atom is -0.481 e. The molecular formula is C13H21N3O5. The molecule has 8 heteroatoms. The number of urea groups is 1. The predicted molar refractivity (Wildman–Crippen MR) is 73.4 cm³/mol. The van der Waals surface area contributed by atoms with Gasteiger partial charge < -0.3 is 15.3 Å². The van der Waals surface area contributed by atoms with Crippen LogP contribution in [0.1, 0.15) is 32.1 Å². The maximum Gasteiger partial charge on any atom is 0.324 e. The molecule has 0 aromatic carbocycles. The van der Waals surface area contributed by atoms with E-state index in [4.69, 9.17) is 5.11 Å². The number of rotatable bonds is 5. The molecule has 1 fully saturated rings. The highest BCUT2D eigenvalue weighted by atomic mass is 16.4. The first-order chi connectivity index (χ1) is 9.93. The lowest BCUT2D eigenvalue weighted by Gasteiger charge is -2.31. The van der Waals surface area contributed by atoms with Crippen LogP contribution in [0.15, 0.2) is 0 Å². The van der Waals surface area contributed by atoms with Crippen LogP contribution >= 0.6 is 0 Å². The van der Waals surface area contributed by atoms with Gasteiger partial charge in [-0.3, -0.25) is 19.7 Å². The van der Waals surface area contributed by atoms with Crippen molar-refractivity contribution in [1.82, 2.24) is 15.5 Å². The van der Waals surface area contributed by atoms with Crippen LogP contribution < -0.4 is 10.6 Å². The molecule has 1 saturated heterocycles. The zero-order valence-electron chi connectivity index (χ0n) is 12.1. The lowest BCUT2D eigenvalue weighted by Crippen LogP contribution is -2.49. The fraction of sp³-hybridized carbons (Fsp3) is 0.692. The molecule has 1 heterocycles. The van der Waals surface area contributed by atoms with E-state index in [-0.39, 0.29) is 37.6 Å². The predicted octanol–water partition coefficient (Wildman–Crippen LogP) is -0.0645. The Kier molecular flexibility index (Phi) is 6.64. The number of hydrogen-bond donors (Lipinski definition) is 3. The number of nitrogens with zero attached hydrogens (tertiary/aromatic N) is 1. The molecule has 1 aliphatic rings. The lowest BCUT2D eigenvalue weighted by molar-refractivity contribution is -0.137. The highest BCUT2D eigenvalue weighted by Crippen LogP contribution is 2.16. The van der Waals surface area contributed by atoms with E-state index in [1.807, 2.05) is 0 Å². The number of carboxylic acids is 1. The highest BCUT2D eigenvalue weighted by Gasteiger charge is 2.28. The summed E-state index contributed by atoms with van der Waals surface area (Å²) in [7, 11) is 1.55. The Morgan fingerprint density at radius 1 is 1.24 bits per heavy atom. The van der Waals surface area contributed by atoms with Crippen LogP contribution in [0.4, 0.5) is 4.79 Å². The van der Waals surface area contributed by atoms with Crippen molar-refractivity contribution in [2.75, 3.05) is 20.1 Å². The van der Waals surface area contributed by atoms with Gasteiger partial charge in [0.2, 0.25) is 11.8 Å². The molecule has 0 aromatic rings. The van der Waals surface area contributed by atoms with Gasteiger partial charge in [0.05, 0.1) is 5.92 Å². The van der Waals surface area contributed by atoms with Gasteiger partial charge in [-0.15, -0.1) is 0 Å². The molecule has 0 saturated carbocycles. The van der Waals surface area contributed by atoms with Crippen LogP contribution in [0.3, 0.4) is 0 Å². The molecular weight excluding hydrogens is 278 g/mol. The average Bonchev–Trinajstić information content (AvgIpc) is 2.46. The molecule has 0 bridgehead atoms. The number of hydrogen-bond acceptors (Lipinski definition) is 4. The van der Waals surface area contributed by atoms with E-state index in [1.54, 1.807) is 7.05 Å². The number of likely N-dealkylation sites (tertiary alicyclic amines) is 1. The first-order valence-electron chi connectivity index (χ1n) is 6.96. The molecule has 8 nitrogen and oxygen atoms in total. The third-order valence-corrected chi connectivity index (χ3v) is 3.37. The van der Waals surface area contributed by atoms with Crippen molar-refractivity contribution in [2.45, 2.75) is 32.1 Å². The Labute approximate surface area is 122 Å². The molecule has 1 rings (SSSR count). The monoisotopic (exact) mass is 299 g/mol. The van der Waals surface area contributed by atoms with Crippen molar-refractivity contribution in [2.24, 2.45) is 5.92 Å². The Hall–Kier alpha value is -2.12. The zero-order chi connectivity index (χ0) is 15.8. The van der Waals surface area contributed by atoms with Crippen LogP contribution in [0.5, 0.6) is 0 Å². The summed E-state index contributed by atoms with van der Waals surface area (Å²) in [5, 5.41) is 13.2. The number of imide groups is 1. The average molecular weight is 299 g/mol. The first-order valence-corrected chi connectivity index (χ1v) is 6.96. The highest BCUT2D eigenvalue weighted by molar-refractivity contribution is 5.94. The maximum atomic E-state index is 11.9. The van der Waals surface area contributed by atoms with E-state index < -0.39 is 17.9 Å². The van der Waals surface area contributed by atoms with Gasteiger partial charge in [-0.2, -0.15) is 0 Å². The van der Waals surface area contributed by atoms with Gasteiger partial charge in [0.1, 0.15) is 0 Å². The fourth-order valence-electron chi connectivity index (χ4n) is 2.24. The van der Waals surface area contributed by atoms with E-state index in [0.29, 0.717) is 13.0 Å². The summed E-state index contributed by atoms with van der Waals surface area (Å²) in [6, 6.07) is -0.524. The summed E-state index contributed by atoms with van der Waals surface area (Å²) < 4.78 is 0. The molecule has 0 aromatic heterocycles. The Bertz CT molecular complexity index is 424. The fourth-order valence-corrected chi connectivity index (χ4v) is 2.24. The summed E-state index contributed by atoms with van der Waals surface area (Å²) >= 11 is 0. The van der Waals surface area contributed by atoms with Gasteiger partial charge in [0.25, 0.3) is 0 Å². The standard InChI is InChI=1S/C13H21N3O5/c1-14-12(20)9-4-3-7-16(8-9)13(21)15-10(17)5-2-6-11(18)19/h9H,2-8H2,1H3,(H,14,20)(H,18,19)(H,15,17,21).